The molecule has 1 aromatic carbocycles. The second-order valence-electron chi connectivity index (χ2n) is 9.67. The third-order valence-corrected chi connectivity index (χ3v) is 6.07. The molecule has 3 aromatic rings. The summed E-state index contributed by atoms with van der Waals surface area (Å²) in [5.41, 5.74) is -0.133. The average molecular weight is 575 g/mol. The van der Waals surface area contributed by atoms with Crippen LogP contribution in [0.25, 0.3) is 11.0 Å². The Morgan fingerprint density at radius 3 is 2.12 bits per heavy atom. The van der Waals surface area contributed by atoms with Crippen LogP contribution in [0.5, 0.6) is 0 Å². The van der Waals surface area contributed by atoms with E-state index in [1.54, 1.807) is 25.2 Å². The van der Waals surface area contributed by atoms with Crippen LogP contribution in [0.15, 0.2) is 29.1 Å². The minimum Gasteiger partial charge on any atom is -0.368 e. The van der Waals surface area contributed by atoms with E-state index in [4.69, 9.17) is 0 Å². The first-order chi connectivity index (χ1) is 19.5. The van der Waals surface area contributed by atoms with E-state index in [0.717, 1.165) is 24.5 Å². The van der Waals surface area contributed by atoms with Gasteiger partial charge in [-0.1, -0.05) is 54.0 Å². The number of hydrogen-bond acceptors (Lipinski definition) is 6. The number of nitrogens with one attached hydrogen (secondary N) is 2. The number of carbonyl (C=O) groups excluding carboxylic acids is 1. The molecule has 0 spiro atoms. The number of aromatic amines is 1. The van der Waals surface area contributed by atoms with Crippen LogP contribution in [0.2, 0.25) is 0 Å². The number of H-pyrrole nitrogens is 1. The number of rotatable bonds is 5. The Labute approximate surface area is 243 Å². The van der Waals surface area contributed by atoms with Crippen LogP contribution in [0, 0.1) is 12.7 Å². The number of carbonyl (C=O) groups is 1. The van der Waals surface area contributed by atoms with Crippen LogP contribution < -0.4 is 15.8 Å². The number of aryl methyl sites for hydroxylation is 1. The van der Waals surface area contributed by atoms with Gasteiger partial charge in [0.1, 0.15) is 16.9 Å². The van der Waals surface area contributed by atoms with Gasteiger partial charge in [0.25, 0.3) is 11.5 Å². The molecule has 41 heavy (non-hydrogen) atoms. The molecule has 1 aliphatic heterocycles. The van der Waals surface area contributed by atoms with E-state index in [1.807, 2.05) is 40.7 Å². The zero-order valence-corrected chi connectivity index (χ0v) is 26.4. The summed E-state index contributed by atoms with van der Waals surface area (Å²) in [5, 5.41) is 2.57. The summed E-state index contributed by atoms with van der Waals surface area (Å²) in [6, 6.07) is 6.86. The number of alkyl halides is 1. The summed E-state index contributed by atoms with van der Waals surface area (Å²) in [7, 11) is 1.57. The fourth-order valence-electron chi connectivity index (χ4n) is 4.22. The van der Waals surface area contributed by atoms with Crippen molar-refractivity contribution in [3.8, 4) is 0 Å². The van der Waals surface area contributed by atoms with Gasteiger partial charge in [-0.05, 0) is 39.0 Å². The molecule has 0 bridgehead atoms. The molecule has 8 nitrogen and oxygen atoms in total. The molecule has 0 aliphatic carbocycles. The number of nitrogens with zero attached hydrogens (tertiary/aromatic N) is 4. The minimum absolute atomic E-state index is 0.00737. The Hall–Kier alpha value is -3.40. The van der Waals surface area contributed by atoms with Gasteiger partial charge in [0.15, 0.2) is 11.5 Å². The third kappa shape index (κ3) is 9.31. The molecular weight excluding hydrogens is 526 g/mol. The normalized spacial score (nSPS) is 13.2. The molecule has 0 saturated carbocycles. The van der Waals surface area contributed by atoms with Crippen LogP contribution in [-0.2, 0) is 12.2 Å². The van der Waals surface area contributed by atoms with Crippen molar-refractivity contribution in [1.82, 2.24) is 25.2 Å². The van der Waals surface area contributed by atoms with E-state index in [1.165, 1.54) is 20.3 Å². The molecular formula is C31H48F2N6O2. The summed E-state index contributed by atoms with van der Waals surface area (Å²) in [6.45, 7) is 19.9. The predicted octanol–water partition coefficient (Wildman–Crippen LogP) is 6.12. The quantitative estimate of drug-likeness (QED) is 0.381. The van der Waals surface area contributed by atoms with E-state index in [2.05, 4.69) is 43.9 Å². The van der Waals surface area contributed by atoms with Crippen molar-refractivity contribution >= 4 is 22.6 Å². The largest absolute Gasteiger partial charge is 0.368 e. The zero-order chi connectivity index (χ0) is 31.3. The van der Waals surface area contributed by atoms with Gasteiger partial charge in [0.05, 0.1) is 16.9 Å². The molecule has 2 N–H and O–H groups in total. The smallest absolute Gasteiger partial charge is 0.273 e. The Morgan fingerprint density at radius 2 is 1.61 bits per heavy atom. The average Bonchev–Trinajstić information content (AvgIpc) is 2.96. The summed E-state index contributed by atoms with van der Waals surface area (Å²) >= 11 is 0. The number of piperazine rings is 1. The number of anilines is 1. The lowest BCUT2D eigenvalue weighted by Gasteiger charge is -2.36. The maximum atomic E-state index is 15.2. The molecule has 0 unspecified atom stereocenters. The summed E-state index contributed by atoms with van der Waals surface area (Å²) in [4.78, 5) is 39.3. The van der Waals surface area contributed by atoms with Crippen LogP contribution >= 0.6 is 0 Å². The second-order valence-corrected chi connectivity index (χ2v) is 9.67. The zero-order valence-electron chi connectivity index (χ0n) is 26.4. The number of benzene rings is 1. The van der Waals surface area contributed by atoms with Gasteiger partial charge in [0, 0.05) is 45.3 Å². The topological polar surface area (TPSA) is 94.2 Å². The SMILES string of the molecule is CC.CC.CCC.CNC(=O)c1ccc(N2CCN(Cc3ccc4nc(C(C)(C)F)c(=O)[nH]c4c3F)CC2)c(C)n1. The molecule has 1 amide bonds. The predicted molar refractivity (Wildman–Crippen MR) is 165 cm³/mol. The monoisotopic (exact) mass is 574 g/mol. The minimum atomic E-state index is -1.92. The summed E-state index contributed by atoms with van der Waals surface area (Å²) in [6.07, 6.45) is 1.25. The first-order valence-corrected chi connectivity index (χ1v) is 14.6. The molecule has 0 atom stereocenters. The van der Waals surface area contributed by atoms with Gasteiger partial charge < -0.3 is 15.2 Å². The maximum Gasteiger partial charge on any atom is 0.273 e. The number of pyridine rings is 1. The van der Waals surface area contributed by atoms with Crippen LogP contribution in [0.1, 0.15) is 89.3 Å². The number of amides is 1. The van der Waals surface area contributed by atoms with E-state index in [-0.39, 0.29) is 22.6 Å². The van der Waals surface area contributed by atoms with Crippen LogP contribution in [-0.4, -0.2) is 59.0 Å². The van der Waals surface area contributed by atoms with E-state index >= 15 is 4.39 Å². The first kappa shape index (κ1) is 35.6. The number of aromatic nitrogens is 3. The first-order valence-electron chi connectivity index (χ1n) is 14.6. The fourth-order valence-corrected chi connectivity index (χ4v) is 4.22. The van der Waals surface area contributed by atoms with Crippen molar-refractivity contribution in [2.24, 2.45) is 0 Å². The number of fused-ring (bicyclic) bond motifs is 1. The highest BCUT2D eigenvalue weighted by Crippen LogP contribution is 2.25. The molecule has 1 fully saturated rings. The van der Waals surface area contributed by atoms with Gasteiger partial charge >= 0.3 is 0 Å². The van der Waals surface area contributed by atoms with E-state index in [0.29, 0.717) is 30.9 Å². The Morgan fingerprint density at radius 1 is 1.02 bits per heavy atom. The molecule has 228 valence electrons. The summed E-state index contributed by atoms with van der Waals surface area (Å²) < 4.78 is 29.4. The van der Waals surface area contributed by atoms with Crippen molar-refractivity contribution in [3.63, 3.8) is 0 Å². The molecule has 1 saturated heterocycles. The van der Waals surface area contributed by atoms with Crippen molar-refractivity contribution in [1.29, 1.82) is 0 Å². The van der Waals surface area contributed by atoms with Gasteiger partial charge in [-0.3, -0.25) is 14.5 Å². The number of halogens is 2. The van der Waals surface area contributed by atoms with Gasteiger partial charge in [-0.2, -0.15) is 0 Å². The van der Waals surface area contributed by atoms with Gasteiger partial charge in [-0.15, -0.1) is 0 Å². The van der Waals surface area contributed by atoms with Crippen LogP contribution in [0.4, 0.5) is 14.5 Å². The molecule has 10 heteroatoms. The van der Waals surface area contributed by atoms with Crippen molar-refractivity contribution in [3.05, 3.63) is 63.1 Å². The maximum absolute atomic E-state index is 15.2. The Bertz CT molecular complexity index is 1310. The second kappa shape index (κ2) is 16.8. The van der Waals surface area contributed by atoms with Crippen LogP contribution in [0.3, 0.4) is 0 Å². The standard InChI is InChI=1S/C24H28F2N6O2.C3H8.2C2H6/c1-14-18(8-7-17(28-14)22(33)27-4)32-11-9-31(10-12-32)13-15-5-6-16-20(19(15)25)30-23(34)21(29-16)24(2,3)26;1-3-2;2*1-2/h5-8H,9-13H2,1-4H3,(H,27,33)(H,30,34);3H2,1-2H3;2*1-2H3. The highest BCUT2D eigenvalue weighted by molar-refractivity contribution is 5.92. The van der Waals surface area contributed by atoms with Crippen molar-refractivity contribution < 1.29 is 13.6 Å². The van der Waals surface area contributed by atoms with Gasteiger partial charge in [-0.25, -0.2) is 18.7 Å². The van der Waals surface area contributed by atoms with E-state index in [9.17, 15) is 14.0 Å². The summed E-state index contributed by atoms with van der Waals surface area (Å²) in [5.74, 6) is -0.768. The molecule has 4 rings (SSSR count). The molecule has 2 aromatic heterocycles. The van der Waals surface area contributed by atoms with Crippen molar-refractivity contribution in [2.75, 3.05) is 38.1 Å². The third-order valence-electron chi connectivity index (χ3n) is 6.07. The highest BCUT2D eigenvalue weighted by atomic mass is 19.1. The molecule has 0 radical (unpaired) electrons. The lowest BCUT2D eigenvalue weighted by atomic mass is 10.1. The van der Waals surface area contributed by atoms with E-state index < -0.39 is 17.0 Å². The van der Waals surface area contributed by atoms with Gasteiger partial charge in [0.2, 0.25) is 0 Å². The fraction of sp³-hybridized carbons (Fsp3) is 0.548. The molecule has 1 aliphatic rings. The lowest BCUT2D eigenvalue weighted by Crippen LogP contribution is -2.46. The lowest BCUT2D eigenvalue weighted by molar-refractivity contribution is 0.0958. The van der Waals surface area contributed by atoms with Crippen molar-refractivity contribution in [2.45, 2.75) is 80.9 Å². The Kier molecular flexibility index (Phi) is 14.6. The Balaban J connectivity index is 0.00000110. The highest BCUT2D eigenvalue weighted by Gasteiger charge is 2.26. The molecule has 3 heterocycles. The number of hydrogen-bond donors (Lipinski definition) is 2.